The summed E-state index contributed by atoms with van der Waals surface area (Å²) in [6, 6.07) is 151. The summed E-state index contributed by atoms with van der Waals surface area (Å²) in [5.74, 6) is 4.96. The zero-order valence-electron chi connectivity index (χ0n) is 83.8. The number of allylic oxidation sites excluding steroid dienone is 1. The van der Waals surface area contributed by atoms with Crippen LogP contribution in [-0.2, 0) is 0 Å². The first-order valence-corrected chi connectivity index (χ1v) is 51.8. The molecule has 15 heteroatoms. The van der Waals surface area contributed by atoms with Gasteiger partial charge in [-0.2, -0.15) is 29.9 Å². The van der Waals surface area contributed by atoms with Crippen molar-refractivity contribution in [1.29, 1.82) is 0 Å². The minimum absolute atomic E-state index is 0.0997. The number of aryl methyl sites for hydroxylation is 1. The average molecular weight is 1950 g/mol. The van der Waals surface area contributed by atoms with Gasteiger partial charge in [0.2, 0.25) is 17.8 Å². The van der Waals surface area contributed by atoms with Crippen LogP contribution in [0.25, 0.3) is 284 Å². The van der Waals surface area contributed by atoms with E-state index in [4.69, 9.17) is 47.6 Å². The Morgan fingerprint density at radius 3 is 0.818 bits per heavy atom. The fourth-order valence-electron chi connectivity index (χ4n) is 21.5. The summed E-state index contributed by atoms with van der Waals surface area (Å²) in [7, 11) is 0. The van der Waals surface area contributed by atoms with Gasteiger partial charge in [-0.05, 0) is 152 Å². The highest BCUT2D eigenvalue weighted by Gasteiger charge is 2.31. The zero-order valence-corrected chi connectivity index (χ0v) is 82.3. The molecule has 0 fully saturated rings. The van der Waals surface area contributed by atoms with Gasteiger partial charge in [0.15, 0.2) is 34.9 Å². The molecule has 0 unspecified atom stereocenters. The van der Waals surface area contributed by atoms with E-state index in [0.717, 1.165) is 108 Å². The largest absolute Gasteiger partial charge is 0.276 e. The molecule has 0 spiro atoms. The second kappa shape index (κ2) is 36.3. The van der Waals surface area contributed by atoms with Crippen molar-refractivity contribution in [3.63, 3.8) is 0 Å². The van der Waals surface area contributed by atoms with E-state index in [2.05, 4.69) is 302 Å². The van der Waals surface area contributed by atoms with Crippen LogP contribution in [0.3, 0.4) is 0 Å². The van der Waals surface area contributed by atoms with Crippen molar-refractivity contribution in [2.24, 2.45) is 0 Å². The molecule has 0 aliphatic carbocycles. The standard InChI is InChI=1S/C46H30N4S.C44H28N4S.C43H26N4S/c1-2-14-29-23-26-39-37(27-29)41-35-22-13-12-21-34(35)40-36-28-33(30-15-6-3-7-16-30)24-25-38(36)50(42(40)43(41)51-39)46-48-44(31-17-8-4-9-18-31)47-45(49-46)32-19-10-5-11-20-32;1-27-21-24-37-35(25-27)39-33-20-12-11-19-32(33)38-34-26-31(28-13-5-2-6-14-28)22-23-36(34)48(40(38)41(39)49-37)44-46-42(29-15-7-3-8-16-29)45-43(47-44)30-17-9-4-10-18-30;1-4-14-27(15-5-1)30-24-25-36-34(26-30)38-32-21-11-10-20-31(32)37-33-22-12-13-23-35(33)47(39(37)40(38)48-36)43-45-41(28-16-6-2-7-17-28)44-42(46-43)29-18-8-3-9-19-29/h2-28H,1H3;2-26H,1H3;1-26H/b14-2+;;/i;;12D,13D,22D,23D. The maximum atomic E-state index is 9.35. The third-order valence-electron chi connectivity index (χ3n) is 28.2. The van der Waals surface area contributed by atoms with Crippen LogP contribution in [0.5, 0.6) is 0 Å². The highest BCUT2D eigenvalue weighted by atomic mass is 32.1. The summed E-state index contributed by atoms with van der Waals surface area (Å²) >= 11 is 5.34. The molecule has 0 saturated carbocycles. The molecule has 12 nitrogen and oxygen atoms in total. The van der Waals surface area contributed by atoms with Crippen LogP contribution in [0.15, 0.2) is 467 Å². The van der Waals surface area contributed by atoms with Crippen LogP contribution in [0, 0.1) is 6.92 Å². The van der Waals surface area contributed by atoms with Crippen LogP contribution in [-0.4, -0.2) is 58.6 Å². The van der Waals surface area contributed by atoms with Gasteiger partial charge in [-0.1, -0.05) is 412 Å². The first kappa shape index (κ1) is 82.8. The maximum Gasteiger partial charge on any atom is 0.238 e. The van der Waals surface area contributed by atoms with Gasteiger partial charge in [0.25, 0.3) is 0 Å². The summed E-state index contributed by atoms with van der Waals surface area (Å²) in [5, 5.41) is 20.0. The molecule has 694 valence electrons. The molecule has 9 aromatic heterocycles. The van der Waals surface area contributed by atoms with Gasteiger partial charge in [-0.15, -0.1) is 34.0 Å². The minimum Gasteiger partial charge on any atom is -0.276 e. The predicted molar refractivity (Wildman–Crippen MR) is 622 cm³/mol. The molecule has 21 aromatic carbocycles. The van der Waals surface area contributed by atoms with Crippen LogP contribution < -0.4 is 0 Å². The average Bonchev–Trinajstić information content (AvgIpc) is 1.52. The summed E-state index contributed by atoms with van der Waals surface area (Å²) in [6.07, 6.45) is 4.27. The van der Waals surface area contributed by atoms with E-state index in [1.807, 2.05) is 197 Å². The highest BCUT2D eigenvalue weighted by molar-refractivity contribution is 7.28. The van der Waals surface area contributed by atoms with E-state index in [9.17, 15) is 2.74 Å². The molecule has 148 heavy (non-hydrogen) atoms. The van der Waals surface area contributed by atoms with Gasteiger partial charge in [-0.3, -0.25) is 13.7 Å². The lowest BCUT2D eigenvalue weighted by Crippen LogP contribution is -2.06. The summed E-state index contributed by atoms with van der Waals surface area (Å²) < 4.78 is 49.7. The summed E-state index contributed by atoms with van der Waals surface area (Å²) in [4.78, 5) is 46.2. The van der Waals surface area contributed by atoms with Crippen molar-refractivity contribution in [3.05, 3.63) is 478 Å². The lowest BCUT2D eigenvalue weighted by atomic mass is 9.97. The fourth-order valence-corrected chi connectivity index (χ4v) is 25.3. The Labute approximate surface area is 867 Å². The van der Waals surface area contributed by atoms with Crippen molar-refractivity contribution in [3.8, 4) is 120 Å². The van der Waals surface area contributed by atoms with E-state index in [0.29, 0.717) is 57.7 Å². The number of fused-ring (bicyclic) bond motifs is 30. The van der Waals surface area contributed by atoms with E-state index in [1.165, 1.54) is 117 Å². The molecule has 0 saturated heterocycles. The predicted octanol–water partition coefficient (Wildman–Crippen LogP) is 35.8. The fraction of sp³-hybridized carbons (Fsp3) is 0.0150. The molecular weight excluding hydrogens is 1860 g/mol. The number of aromatic nitrogens is 12. The molecule has 0 radical (unpaired) electrons. The Bertz CT molecular complexity index is 10700. The van der Waals surface area contributed by atoms with Gasteiger partial charge in [0.1, 0.15) is 0 Å². The van der Waals surface area contributed by atoms with Gasteiger partial charge in [0.05, 0.1) is 52.7 Å². The topological polar surface area (TPSA) is 131 Å². The highest BCUT2D eigenvalue weighted by Crippen LogP contribution is 2.54. The minimum atomic E-state index is -0.313. The maximum absolute atomic E-state index is 9.35. The number of rotatable bonds is 13. The summed E-state index contributed by atoms with van der Waals surface area (Å²) in [6.45, 7) is 4.24. The molecule has 30 aromatic rings. The van der Waals surface area contributed by atoms with E-state index in [1.54, 1.807) is 11.3 Å². The molecule has 30 rings (SSSR count). The number of hydrogen-bond donors (Lipinski definition) is 0. The molecule has 0 bridgehead atoms. The van der Waals surface area contributed by atoms with Crippen molar-refractivity contribution < 1.29 is 5.48 Å². The molecule has 0 aliphatic rings. The van der Waals surface area contributed by atoms with Gasteiger partial charge < -0.3 is 0 Å². The third kappa shape index (κ3) is 14.9. The SMILES string of the molecule is C/C=C/c1ccc2sc3c(c2c1)c1ccccc1c1c2cc(-c4ccccc4)ccc2n(-c2nc(-c4ccccc4)nc(-c4ccccc4)n2)c31.Cc1ccc2sc3c(c2c1)c1ccccc1c1c2cc(-c4ccccc4)ccc2n(-c2nc(-c4ccccc4)nc(-c4ccccc4)n2)c31.[2H]c1c([2H])c([2H])c2c(c1[2H])c1c3ccccc3c3c4cc(-c5ccccc5)ccc4sc3c1n2-c1nc(-c2ccccc2)nc(-c2ccccc2)n1. The van der Waals surface area contributed by atoms with E-state index >= 15 is 0 Å². The number of thiophene rings is 3. The monoisotopic (exact) mass is 1950 g/mol. The van der Waals surface area contributed by atoms with Crippen molar-refractivity contribution in [2.75, 3.05) is 0 Å². The van der Waals surface area contributed by atoms with Gasteiger partial charge >= 0.3 is 0 Å². The van der Waals surface area contributed by atoms with Crippen LogP contribution >= 0.6 is 34.0 Å². The number of para-hydroxylation sites is 1. The quantitative estimate of drug-likeness (QED) is 0.111. The van der Waals surface area contributed by atoms with E-state index in [-0.39, 0.29) is 30.1 Å². The molecule has 0 N–H and O–H groups in total. The van der Waals surface area contributed by atoms with Crippen LogP contribution in [0.2, 0.25) is 0 Å². The first-order valence-electron chi connectivity index (χ1n) is 51.3. The lowest BCUT2D eigenvalue weighted by molar-refractivity contribution is 0.955. The second-order valence-electron chi connectivity index (χ2n) is 37.0. The second-order valence-corrected chi connectivity index (χ2v) is 40.2. The van der Waals surface area contributed by atoms with Gasteiger partial charge in [0, 0.05) is 112 Å². The van der Waals surface area contributed by atoms with Crippen LogP contribution in [0.1, 0.15) is 23.5 Å². The Morgan fingerprint density at radius 1 is 0.216 bits per heavy atom. The molecule has 0 atom stereocenters. The Morgan fingerprint density at radius 2 is 0.480 bits per heavy atom. The number of nitrogens with zero attached hydrogens (tertiary/aromatic N) is 12. The smallest absolute Gasteiger partial charge is 0.238 e. The molecule has 0 aliphatic heterocycles. The van der Waals surface area contributed by atoms with Gasteiger partial charge in [-0.25, -0.2) is 15.0 Å². The van der Waals surface area contributed by atoms with Crippen molar-refractivity contribution in [1.82, 2.24) is 58.6 Å². The molecule has 0 amide bonds. The number of hydrogen-bond acceptors (Lipinski definition) is 12. The third-order valence-corrected chi connectivity index (χ3v) is 31.7. The lowest BCUT2D eigenvalue weighted by Gasteiger charge is -2.12. The van der Waals surface area contributed by atoms with Crippen molar-refractivity contribution in [2.45, 2.75) is 13.8 Å². The summed E-state index contributed by atoms with van der Waals surface area (Å²) in [5.41, 5.74) is 20.2. The zero-order chi connectivity index (χ0) is 101. The van der Waals surface area contributed by atoms with Crippen molar-refractivity contribution >= 4 is 198 Å². The molecule has 9 heterocycles. The molecular formula is C133H84N12S3. The Balaban J connectivity index is 0.000000109. The first-order chi connectivity index (χ1) is 74.9. The number of benzene rings is 21. The Kier molecular flexibility index (Phi) is 20.3. The van der Waals surface area contributed by atoms with E-state index < -0.39 is 0 Å². The normalized spacial score (nSPS) is 12.2. The van der Waals surface area contributed by atoms with Crippen LogP contribution in [0.4, 0.5) is 0 Å². The Hall–Kier alpha value is -18.8.